The van der Waals surface area contributed by atoms with Crippen LogP contribution in [0.5, 0.6) is 11.5 Å². The molecule has 0 aliphatic carbocycles. The molecule has 2 rings (SSSR count). The van der Waals surface area contributed by atoms with E-state index >= 15 is 0 Å². The Morgan fingerprint density at radius 1 is 1.43 bits per heavy atom. The van der Waals surface area contributed by atoms with E-state index in [0.29, 0.717) is 19.6 Å². The Balaban J connectivity index is 0.00000264. The minimum atomic E-state index is -4.01. The maximum absolute atomic E-state index is 11.3. The van der Waals surface area contributed by atoms with Gasteiger partial charge in [0.25, 0.3) is 10.1 Å². The second kappa shape index (κ2) is 10.2. The standard InChI is InChI=1S/C14H22O6S2.Na.H/c1-2-3-4-12(22(15,16)17)5-6-18-7-11-8-19-13-9-21-10-14(13)20-11;;/h9-12H,2-8H2,1H3,(H,15,16,17);;/q;+1;-1. The first kappa shape index (κ1) is 21.2. The molecule has 2 heterocycles. The van der Waals surface area contributed by atoms with Crippen molar-refractivity contribution in [2.45, 2.75) is 44.0 Å². The molecule has 2 unspecified atom stereocenters. The number of ether oxygens (including phenoxy) is 3. The van der Waals surface area contributed by atoms with E-state index in [1.165, 1.54) is 11.3 Å². The van der Waals surface area contributed by atoms with Crippen LogP contribution in [-0.2, 0) is 14.9 Å². The van der Waals surface area contributed by atoms with Gasteiger partial charge in [0, 0.05) is 17.4 Å². The molecule has 128 valence electrons. The molecule has 9 heteroatoms. The summed E-state index contributed by atoms with van der Waals surface area (Å²) in [7, 11) is -4.01. The van der Waals surface area contributed by atoms with Gasteiger partial charge in [0.15, 0.2) is 17.6 Å². The van der Waals surface area contributed by atoms with Crippen LogP contribution in [0.15, 0.2) is 10.8 Å². The van der Waals surface area contributed by atoms with E-state index in [4.69, 9.17) is 14.2 Å². The van der Waals surface area contributed by atoms with Crippen molar-refractivity contribution in [1.29, 1.82) is 0 Å². The molecule has 0 spiro atoms. The molecule has 1 aromatic heterocycles. The predicted molar refractivity (Wildman–Crippen MR) is 85.6 cm³/mol. The maximum Gasteiger partial charge on any atom is 1.00 e. The fraction of sp³-hybridized carbons (Fsp3) is 0.714. The van der Waals surface area contributed by atoms with Gasteiger partial charge in [-0.2, -0.15) is 8.42 Å². The van der Waals surface area contributed by atoms with E-state index in [1.54, 1.807) is 0 Å². The van der Waals surface area contributed by atoms with Crippen LogP contribution in [-0.4, -0.2) is 44.1 Å². The minimum Gasteiger partial charge on any atom is -1.00 e. The summed E-state index contributed by atoms with van der Waals surface area (Å²) in [6.45, 7) is 3.00. The van der Waals surface area contributed by atoms with Crippen molar-refractivity contribution in [1.82, 2.24) is 0 Å². The summed E-state index contributed by atoms with van der Waals surface area (Å²) < 4.78 is 48.5. The van der Waals surface area contributed by atoms with Crippen molar-refractivity contribution in [3.05, 3.63) is 10.8 Å². The van der Waals surface area contributed by atoms with Crippen molar-refractivity contribution < 1.29 is 58.2 Å². The third-order valence-corrected chi connectivity index (χ3v) is 5.51. The first-order valence-electron chi connectivity index (χ1n) is 7.40. The van der Waals surface area contributed by atoms with E-state index in [1.807, 2.05) is 17.7 Å². The average molecular weight is 374 g/mol. The number of hydrogen-bond donors (Lipinski definition) is 1. The molecule has 0 aromatic carbocycles. The van der Waals surface area contributed by atoms with E-state index in [0.717, 1.165) is 24.3 Å². The third-order valence-electron chi connectivity index (χ3n) is 3.50. The Morgan fingerprint density at radius 3 is 2.87 bits per heavy atom. The van der Waals surface area contributed by atoms with E-state index < -0.39 is 15.4 Å². The molecule has 1 N–H and O–H groups in total. The van der Waals surface area contributed by atoms with Gasteiger partial charge < -0.3 is 15.6 Å². The predicted octanol–water partition coefficient (Wildman–Crippen LogP) is -0.142. The van der Waals surface area contributed by atoms with Gasteiger partial charge >= 0.3 is 29.6 Å². The van der Waals surface area contributed by atoms with Crippen LogP contribution >= 0.6 is 11.3 Å². The Morgan fingerprint density at radius 2 is 2.17 bits per heavy atom. The van der Waals surface area contributed by atoms with Crippen molar-refractivity contribution in [3.63, 3.8) is 0 Å². The summed E-state index contributed by atoms with van der Waals surface area (Å²) in [6, 6.07) is 0. The molecular weight excluding hydrogens is 351 g/mol. The van der Waals surface area contributed by atoms with Crippen LogP contribution < -0.4 is 39.0 Å². The molecule has 1 aliphatic rings. The Bertz CT molecular complexity index is 565. The Labute approximate surface area is 165 Å². The zero-order valence-electron chi connectivity index (χ0n) is 14.6. The van der Waals surface area contributed by atoms with Crippen molar-refractivity contribution in [3.8, 4) is 11.5 Å². The smallest absolute Gasteiger partial charge is 1.00 e. The molecule has 0 amide bonds. The van der Waals surface area contributed by atoms with E-state index in [-0.39, 0.29) is 50.1 Å². The molecule has 23 heavy (non-hydrogen) atoms. The van der Waals surface area contributed by atoms with Crippen LogP contribution in [0.2, 0.25) is 0 Å². The largest absolute Gasteiger partial charge is 1.00 e. The van der Waals surface area contributed by atoms with Crippen LogP contribution in [0.25, 0.3) is 0 Å². The maximum atomic E-state index is 11.3. The second-order valence-electron chi connectivity index (χ2n) is 5.29. The summed E-state index contributed by atoms with van der Waals surface area (Å²) in [4.78, 5) is 0. The molecule has 0 saturated carbocycles. The van der Waals surface area contributed by atoms with E-state index in [2.05, 4.69) is 0 Å². The van der Waals surface area contributed by atoms with Crippen molar-refractivity contribution >= 4 is 21.5 Å². The van der Waals surface area contributed by atoms with E-state index in [9.17, 15) is 13.0 Å². The summed E-state index contributed by atoms with van der Waals surface area (Å²) in [5.74, 6) is 1.48. The SMILES string of the molecule is CCCCC(CCOCC1COc2cscc2O1)S(=O)(=O)O.[H-].[Na+]. The van der Waals surface area contributed by atoms with Gasteiger partial charge in [-0.3, -0.25) is 4.55 Å². The zero-order chi connectivity index (χ0) is 16.0. The van der Waals surface area contributed by atoms with Crippen LogP contribution in [0, 0.1) is 0 Å². The second-order valence-corrected chi connectivity index (χ2v) is 7.73. The first-order chi connectivity index (χ1) is 10.5. The van der Waals surface area contributed by atoms with Gasteiger partial charge in [-0.05, 0) is 12.8 Å². The summed E-state index contributed by atoms with van der Waals surface area (Å²) >= 11 is 1.51. The molecule has 0 fully saturated rings. The van der Waals surface area contributed by atoms with Gasteiger partial charge in [0.05, 0.1) is 11.9 Å². The quantitative estimate of drug-likeness (QED) is 0.368. The van der Waals surface area contributed by atoms with Gasteiger partial charge in [0.1, 0.15) is 6.61 Å². The average Bonchev–Trinajstić information content (AvgIpc) is 2.92. The summed E-state index contributed by atoms with van der Waals surface area (Å²) in [5, 5.41) is 3.01. The number of rotatable bonds is 9. The summed E-state index contributed by atoms with van der Waals surface area (Å²) in [5.41, 5.74) is 0. The van der Waals surface area contributed by atoms with Crippen LogP contribution in [0.4, 0.5) is 0 Å². The third kappa shape index (κ3) is 6.89. The first-order valence-corrected chi connectivity index (χ1v) is 9.85. The molecule has 1 aromatic rings. The number of thiophene rings is 1. The monoisotopic (exact) mass is 374 g/mol. The van der Waals surface area contributed by atoms with Gasteiger partial charge in [0.2, 0.25) is 0 Å². The molecule has 0 bridgehead atoms. The summed E-state index contributed by atoms with van der Waals surface area (Å²) in [6.07, 6.45) is 2.21. The Kier molecular flexibility index (Phi) is 9.43. The van der Waals surface area contributed by atoms with Gasteiger partial charge in [-0.1, -0.05) is 19.8 Å². The molecule has 0 saturated heterocycles. The fourth-order valence-corrected chi connectivity index (χ4v) is 3.78. The number of fused-ring (bicyclic) bond motifs is 1. The number of unbranched alkanes of at least 4 members (excludes halogenated alkanes) is 1. The van der Waals surface area contributed by atoms with Crippen molar-refractivity contribution in [2.75, 3.05) is 19.8 Å². The van der Waals surface area contributed by atoms with Gasteiger partial charge in [-0.15, -0.1) is 11.3 Å². The number of hydrogen-bond acceptors (Lipinski definition) is 6. The molecule has 1 aliphatic heterocycles. The topological polar surface area (TPSA) is 82.1 Å². The van der Waals surface area contributed by atoms with Gasteiger partial charge in [-0.25, -0.2) is 0 Å². The zero-order valence-corrected chi connectivity index (χ0v) is 17.2. The minimum absolute atomic E-state index is 0. The fourth-order valence-electron chi connectivity index (χ4n) is 2.25. The van der Waals surface area contributed by atoms with Crippen LogP contribution in [0.1, 0.15) is 34.0 Å². The molecule has 6 nitrogen and oxygen atoms in total. The molecular formula is C14H23NaO6S2. The van der Waals surface area contributed by atoms with Crippen molar-refractivity contribution in [2.24, 2.45) is 0 Å². The van der Waals surface area contributed by atoms with Crippen LogP contribution in [0.3, 0.4) is 0 Å². The normalized spacial score (nSPS) is 18.3. The Hall–Kier alpha value is 0.170. The molecule has 2 atom stereocenters. The molecule has 0 radical (unpaired) electrons.